The molecule has 8 nitrogen and oxygen atoms in total. The van der Waals surface area contributed by atoms with Crippen molar-refractivity contribution in [2.45, 2.75) is 25.0 Å². The number of pyridine rings is 1. The summed E-state index contributed by atoms with van der Waals surface area (Å²) in [4.78, 5) is 41.9. The van der Waals surface area contributed by atoms with Gasteiger partial charge in [-0.2, -0.15) is 0 Å². The van der Waals surface area contributed by atoms with E-state index in [2.05, 4.69) is 10.3 Å². The van der Waals surface area contributed by atoms with Crippen molar-refractivity contribution in [3.05, 3.63) is 18.3 Å². The minimum atomic E-state index is -0.438. The highest BCUT2D eigenvalue weighted by atomic mass is 35.5. The monoisotopic (exact) mass is 352 g/mol. The molecule has 0 aromatic carbocycles. The van der Waals surface area contributed by atoms with Crippen LogP contribution in [0.4, 0.5) is 11.5 Å². The normalized spacial score (nSPS) is 30.2. The Morgan fingerprint density at radius 1 is 1.25 bits per heavy atom. The van der Waals surface area contributed by atoms with Crippen LogP contribution in [0.1, 0.15) is 12.8 Å². The average molecular weight is 353 g/mol. The van der Waals surface area contributed by atoms with Crippen LogP contribution in [0.5, 0.6) is 0 Å². The lowest BCUT2D eigenvalue weighted by molar-refractivity contribution is -0.145. The lowest BCUT2D eigenvalue weighted by Gasteiger charge is -2.17. The average Bonchev–Trinajstić information content (AvgIpc) is 3.19. The van der Waals surface area contributed by atoms with E-state index in [4.69, 9.17) is 10.5 Å². The number of anilines is 2. The molecule has 4 rings (SSSR count). The van der Waals surface area contributed by atoms with Crippen molar-refractivity contribution in [1.29, 1.82) is 0 Å². The fraction of sp³-hybridized carbons (Fsp3) is 0.467. The zero-order valence-corrected chi connectivity index (χ0v) is 13.5. The van der Waals surface area contributed by atoms with Gasteiger partial charge in [0.05, 0.1) is 35.9 Å². The number of fused-ring (bicyclic) bond motifs is 5. The molecule has 4 heterocycles. The molecule has 3 amide bonds. The Morgan fingerprint density at radius 3 is 2.42 bits per heavy atom. The van der Waals surface area contributed by atoms with Crippen LogP contribution in [0.25, 0.3) is 0 Å². The first-order valence-corrected chi connectivity index (χ1v) is 7.56. The minimum Gasteiger partial charge on any atom is -0.384 e. The molecule has 2 bridgehead atoms. The number of aromatic nitrogens is 1. The van der Waals surface area contributed by atoms with Gasteiger partial charge in [-0.15, -0.1) is 12.4 Å². The number of amides is 3. The van der Waals surface area contributed by atoms with Gasteiger partial charge in [0.2, 0.25) is 17.7 Å². The molecule has 4 atom stereocenters. The number of nitrogen functional groups attached to an aromatic ring is 1. The number of rotatable bonds is 3. The molecule has 0 saturated carbocycles. The van der Waals surface area contributed by atoms with Crippen molar-refractivity contribution in [1.82, 2.24) is 9.88 Å². The van der Waals surface area contributed by atoms with Gasteiger partial charge in [-0.1, -0.05) is 0 Å². The number of nitrogens with two attached hydrogens (primary N) is 1. The van der Waals surface area contributed by atoms with E-state index in [0.29, 0.717) is 11.5 Å². The quantitative estimate of drug-likeness (QED) is 0.750. The van der Waals surface area contributed by atoms with Gasteiger partial charge in [0.15, 0.2) is 0 Å². The Morgan fingerprint density at radius 2 is 1.88 bits per heavy atom. The molecule has 3 saturated heterocycles. The summed E-state index contributed by atoms with van der Waals surface area (Å²) in [5, 5.41) is 2.61. The van der Waals surface area contributed by atoms with E-state index in [-0.39, 0.29) is 43.0 Å². The number of likely N-dealkylation sites (tertiary alicyclic amines) is 1. The van der Waals surface area contributed by atoms with E-state index >= 15 is 0 Å². The highest BCUT2D eigenvalue weighted by molar-refractivity contribution is 6.09. The van der Waals surface area contributed by atoms with Gasteiger partial charge in [-0.3, -0.25) is 19.3 Å². The number of hydrogen-bond donors (Lipinski definition) is 2. The highest BCUT2D eigenvalue weighted by Gasteiger charge is 2.62. The second-order valence-corrected chi connectivity index (χ2v) is 6.12. The molecule has 0 radical (unpaired) electrons. The van der Waals surface area contributed by atoms with Gasteiger partial charge in [-0.05, 0) is 25.0 Å². The third-order valence-electron chi connectivity index (χ3n) is 4.75. The van der Waals surface area contributed by atoms with Gasteiger partial charge < -0.3 is 15.8 Å². The number of nitrogens with one attached hydrogen (secondary N) is 1. The summed E-state index contributed by atoms with van der Waals surface area (Å²) in [6, 6.07) is 3.16. The number of imide groups is 1. The standard InChI is InChI=1S/C15H16N4O4.ClH/c16-10-4-1-7(5-17-10)18-11(20)6-19-14(21)12-8-2-3-9(23-8)13(12)15(19)22;/h1,4-5,8-9,12-13H,2-3,6H2,(H2,16,17)(H,18,20);1H. The van der Waals surface area contributed by atoms with Crippen LogP contribution >= 0.6 is 12.4 Å². The lowest BCUT2D eigenvalue weighted by Crippen LogP contribution is -2.40. The van der Waals surface area contributed by atoms with Crippen molar-refractivity contribution in [2.24, 2.45) is 11.8 Å². The van der Waals surface area contributed by atoms with E-state index in [0.717, 1.165) is 17.7 Å². The third-order valence-corrected chi connectivity index (χ3v) is 4.75. The van der Waals surface area contributed by atoms with Crippen molar-refractivity contribution < 1.29 is 19.1 Å². The summed E-state index contributed by atoms with van der Waals surface area (Å²) in [5.41, 5.74) is 5.94. The zero-order chi connectivity index (χ0) is 16.1. The summed E-state index contributed by atoms with van der Waals surface area (Å²) < 4.78 is 5.65. The van der Waals surface area contributed by atoms with E-state index in [1.54, 1.807) is 12.1 Å². The molecule has 3 aliphatic rings. The number of nitrogens with zero attached hydrogens (tertiary/aromatic N) is 2. The summed E-state index contributed by atoms with van der Waals surface area (Å²) in [6.07, 6.45) is 2.69. The van der Waals surface area contributed by atoms with Gasteiger partial charge >= 0.3 is 0 Å². The number of carbonyl (C=O) groups excluding carboxylic acids is 3. The van der Waals surface area contributed by atoms with E-state index in [1.807, 2.05) is 0 Å². The van der Waals surface area contributed by atoms with Crippen LogP contribution in [0.3, 0.4) is 0 Å². The number of halogens is 1. The fourth-order valence-electron chi connectivity index (χ4n) is 3.75. The number of ether oxygens (including phenoxy) is 1. The lowest BCUT2D eigenvalue weighted by atomic mass is 9.81. The van der Waals surface area contributed by atoms with Gasteiger partial charge in [0.25, 0.3) is 0 Å². The number of hydrogen-bond acceptors (Lipinski definition) is 6. The van der Waals surface area contributed by atoms with Crippen LogP contribution in [-0.4, -0.2) is 46.4 Å². The minimum absolute atomic E-state index is 0. The molecule has 0 aliphatic carbocycles. The molecule has 4 unspecified atom stereocenters. The molecular weight excluding hydrogens is 336 g/mol. The van der Waals surface area contributed by atoms with Crippen LogP contribution in [-0.2, 0) is 19.1 Å². The van der Waals surface area contributed by atoms with Crippen LogP contribution in [0.2, 0.25) is 0 Å². The first-order valence-electron chi connectivity index (χ1n) is 7.56. The van der Waals surface area contributed by atoms with Gasteiger partial charge in [-0.25, -0.2) is 4.98 Å². The molecule has 3 fully saturated rings. The van der Waals surface area contributed by atoms with Gasteiger partial charge in [0, 0.05) is 0 Å². The molecular formula is C15H17ClN4O4. The largest absolute Gasteiger partial charge is 0.384 e. The summed E-state index contributed by atoms with van der Waals surface area (Å²) in [7, 11) is 0. The van der Waals surface area contributed by atoms with Crippen molar-refractivity contribution in [3.63, 3.8) is 0 Å². The predicted octanol–water partition coefficient (Wildman–Crippen LogP) is 0.186. The Bertz CT molecular complexity index is 667. The molecule has 128 valence electrons. The maximum atomic E-state index is 12.4. The Balaban J connectivity index is 0.00000169. The molecule has 0 spiro atoms. The van der Waals surface area contributed by atoms with Gasteiger partial charge in [0.1, 0.15) is 12.4 Å². The Kier molecular flexibility index (Phi) is 4.18. The van der Waals surface area contributed by atoms with Crippen molar-refractivity contribution in [3.8, 4) is 0 Å². The molecule has 3 aliphatic heterocycles. The summed E-state index contributed by atoms with van der Waals surface area (Å²) in [6.45, 7) is -0.283. The Hall–Kier alpha value is -2.19. The fourth-order valence-corrected chi connectivity index (χ4v) is 3.75. The summed E-state index contributed by atoms with van der Waals surface area (Å²) in [5.74, 6) is -1.50. The van der Waals surface area contributed by atoms with Crippen molar-refractivity contribution >= 4 is 41.6 Å². The van der Waals surface area contributed by atoms with E-state index in [9.17, 15) is 14.4 Å². The first kappa shape index (κ1) is 16.7. The SMILES string of the molecule is Cl.Nc1ccc(NC(=O)CN2C(=O)C3C4CCC(O4)C3C2=O)cn1. The van der Waals surface area contributed by atoms with Crippen LogP contribution in [0.15, 0.2) is 18.3 Å². The predicted molar refractivity (Wildman–Crippen MR) is 86.1 cm³/mol. The molecule has 3 N–H and O–H groups in total. The second kappa shape index (κ2) is 6.03. The summed E-state index contributed by atoms with van der Waals surface area (Å²) >= 11 is 0. The highest BCUT2D eigenvalue weighted by Crippen LogP contribution is 2.48. The zero-order valence-electron chi connectivity index (χ0n) is 12.7. The first-order chi connectivity index (χ1) is 11.0. The second-order valence-electron chi connectivity index (χ2n) is 6.12. The van der Waals surface area contributed by atoms with Crippen molar-refractivity contribution in [2.75, 3.05) is 17.6 Å². The topological polar surface area (TPSA) is 115 Å². The smallest absolute Gasteiger partial charge is 0.244 e. The third kappa shape index (κ3) is 2.51. The molecule has 1 aromatic rings. The molecule has 9 heteroatoms. The maximum Gasteiger partial charge on any atom is 0.244 e. The van der Waals surface area contributed by atoms with Crippen LogP contribution < -0.4 is 11.1 Å². The number of carbonyl (C=O) groups is 3. The van der Waals surface area contributed by atoms with E-state index in [1.165, 1.54) is 6.20 Å². The van der Waals surface area contributed by atoms with Crippen LogP contribution in [0, 0.1) is 11.8 Å². The molecule has 24 heavy (non-hydrogen) atoms. The Labute approximate surface area is 144 Å². The maximum absolute atomic E-state index is 12.4. The molecule has 1 aromatic heterocycles. The van der Waals surface area contributed by atoms with E-state index < -0.39 is 17.7 Å².